The number of hydrogen-bond donors (Lipinski definition) is 3. The fourth-order valence-electron chi connectivity index (χ4n) is 4.23. The van der Waals surface area contributed by atoms with E-state index in [1.165, 1.54) is 0 Å². The Morgan fingerprint density at radius 3 is 2.48 bits per heavy atom. The number of anilines is 1. The van der Waals surface area contributed by atoms with E-state index in [-0.39, 0.29) is 36.2 Å². The molecule has 0 saturated carbocycles. The van der Waals surface area contributed by atoms with Crippen LogP contribution in [0.1, 0.15) is 62.4 Å². The minimum atomic E-state index is -0.971. The molecule has 33 heavy (non-hydrogen) atoms. The van der Waals surface area contributed by atoms with Gasteiger partial charge in [-0.25, -0.2) is 4.98 Å². The molecule has 172 valence electrons. The summed E-state index contributed by atoms with van der Waals surface area (Å²) in [6.45, 7) is 8.21. The van der Waals surface area contributed by atoms with Crippen molar-refractivity contribution >= 4 is 34.4 Å². The van der Waals surface area contributed by atoms with Crippen molar-refractivity contribution in [2.45, 2.75) is 52.2 Å². The molecular formula is C25H29N5O3. The minimum absolute atomic E-state index is 0.0602. The molecular weight excluding hydrogens is 418 g/mol. The lowest BCUT2D eigenvalue weighted by molar-refractivity contribution is -0.126. The quantitative estimate of drug-likeness (QED) is 0.537. The van der Waals surface area contributed by atoms with Crippen molar-refractivity contribution < 1.29 is 14.4 Å². The van der Waals surface area contributed by atoms with Gasteiger partial charge in [0.1, 0.15) is 11.9 Å². The molecule has 0 aliphatic carbocycles. The average Bonchev–Trinajstić information content (AvgIpc) is 3.11. The number of nitrogens with one attached hydrogen (secondary N) is 3. The van der Waals surface area contributed by atoms with Gasteiger partial charge in [-0.05, 0) is 44.0 Å². The normalized spacial score (nSPS) is 16.8. The highest BCUT2D eigenvalue weighted by Gasteiger charge is 2.31. The minimum Gasteiger partial charge on any atom is -0.346 e. The Bertz CT molecular complexity index is 1210. The van der Waals surface area contributed by atoms with E-state index in [4.69, 9.17) is 4.98 Å². The van der Waals surface area contributed by atoms with Crippen molar-refractivity contribution in [2.24, 2.45) is 5.92 Å². The Morgan fingerprint density at radius 1 is 1.06 bits per heavy atom. The second kappa shape index (κ2) is 9.05. The maximum absolute atomic E-state index is 13.1. The standard InChI is InChI=1S/C25H29N5O3/c1-14(2)22(23-26-18-11-7-8-12-20(18)30(23)15(3)4)29-21(31)13-19-25(33)27-17-10-6-5-9-16(17)24(32)28-19/h5-12,14-15,19,22H,13H2,1-4H3,(H,27,33)(H,28,32)(H,29,31)/t19?,22-/m0/s1. The largest absolute Gasteiger partial charge is 0.346 e. The first-order valence-corrected chi connectivity index (χ1v) is 11.2. The molecule has 0 radical (unpaired) electrons. The van der Waals surface area contributed by atoms with Crippen LogP contribution >= 0.6 is 0 Å². The number of aromatic nitrogens is 2. The summed E-state index contributed by atoms with van der Waals surface area (Å²) in [4.78, 5) is 43.1. The summed E-state index contributed by atoms with van der Waals surface area (Å²) >= 11 is 0. The highest BCUT2D eigenvalue weighted by Crippen LogP contribution is 2.29. The van der Waals surface area contributed by atoms with Crippen LogP contribution in [0.4, 0.5) is 5.69 Å². The number of carbonyl (C=O) groups is 3. The van der Waals surface area contributed by atoms with E-state index in [1.54, 1.807) is 24.3 Å². The van der Waals surface area contributed by atoms with Crippen LogP contribution < -0.4 is 16.0 Å². The summed E-state index contributed by atoms with van der Waals surface area (Å²) in [5.74, 6) is -0.299. The van der Waals surface area contributed by atoms with Crippen molar-refractivity contribution in [3.8, 4) is 0 Å². The molecule has 3 aromatic rings. The zero-order chi connectivity index (χ0) is 23.7. The van der Waals surface area contributed by atoms with Gasteiger partial charge in [-0.1, -0.05) is 38.1 Å². The van der Waals surface area contributed by atoms with Crippen LogP contribution in [-0.4, -0.2) is 33.3 Å². The summed E-state index contributed by atoms with van der Waals surface area (Å²) in [6.07, 6.45) is -0.170. The zero-order valence-corrected chi connectivity index (χ0v) is 19.3. The Labute approximate surface area is 192 Å². The molecule has 8 heteroatoms. The van der Waals surface area contributed by atoms with E-state index in [2.05, 4.69) is 34.4 Å². The highest BCUT2D eigenvalue weighted by atomic mass is 16.2. The lowest BCUT2D eigenvalue weighted by atomic mass is 10.0. The van der Waals surface area contributed by atoms with E-state index in [9.17, 15) is 14.4 Å². The van der Waals surface area contributed by atoms with Gasteiger partial charge >= 0.3 is 0 Å². The number of amides is 3. The second-order valence-corrected chi connectivity index (χ2v) is 8.98. The van der Waals surface area contributed by atoms with E-state index < -0.39 is 11.9 Å². The summed E-state index contributed by atoms with van der Waals surface area (Å²) < 4.78 is 2.14. The predicted molar refractivity (Wildman–Crippen MR) is 127 cm³/mol. The molecule has 1 aliphatic heterocycles. The van der Waals surface area contributed by atoms with Gasteiger partial charge in [0.25, 0.3) is 5.91 Å². The summed E-state index contributed by atoms with van der Waals surface area (Å²) in [6, 6.07) is 13.5. The van der Waals surface area contributed by atoms with Crippen molar-refractivity contribution in [2.75, 3.05) is 5.32 Å². The molecule has 2 heterocycles. The predicted octanol–water partition coefficient (Wildman–Crippen LogP) is 3.57. The molecule has 2 aromatic carbocycles. The van der Waals surface area contributed by atoms with Crippen LogP contribution in [0, 0.1) is 5.92 Å². The van der Waals surface area contributed by atoms with E-state index >= 15 is 0 Å². The molecule has 3 N–H and O–H groups in total. The molecule has 0 bridgehead atoms. The van der Waals surface area contributed by atoms with Crippen LogP contribution in [0.25, 0.3) is 11.0 Å². The van der Waals surface area contributed by atoms with Gasteiger partial charge in [-0.15, -0.1) is 0 Å². The van der Waals surface area contributed by atoms with Gasteiger partial charge in [0.05, 0.1) is 34.7 Å². The zero-order valence-electron chi connectivity index (χ0n) is 19.3. The lowest BCUT2D eigenvalue weighted by Crippen LogP contribution is -2.45. The van der Waals surface area contributed by atoms with Gasteiger partial charge in [0, 0.05) is 6.04 Å². The van der Waals surface area contributed by atoms with Crippen molar-refractivity contribution in [1.29, 1.82) is 0 Å². The summed E-state index contributed by atoms with van der Waals surface area (Å²) in [5.41, 5.74) is 2.69. The Morgan fingerprint density at radius 2 is 1.76 bits per heavy atom. The van der Waals surface area contributed by atoms with E-state index in [0.29, 0.717) is 11.3 Å². The third-order valence-electron chi connectivity index (χ3n) is 5.84. The first-order valence-electron chi connectivity index (χ1n) is 11.2. The third-order valence-corrected chi connectivity index (χ3v) is 5.84. The van der Waals surface area contributed by atoms with Gasteiger partial charge in [-0.2, -0.15) is 0 Å². The van der Waals surface area contributed by atoms with Crippen LogP contribution in [0.3, 0.4) is 0 Å². The second-order valence-electron chi connectivity index (χ2n) is 8.98. The van der Waals surface area contributed by atoms with Crippen LogP contribution in [-0.2, 0) is 9.59 Å². The summed E-state index contributed by atoms with van der Waals surface area (Å²) in [7, 11) is 0. The molecule has 1 aromatic heterocycles. The maximum Gasteiger partial charge on any atom is 0.254 e. The smallest absolute Gasteiger partial charge is 0.254 e. The van der Waals surface area contributed by atoms with Gasteiger partial charge in [0.15, 0.2) is 0 Å². The Balaban J connectivity index is 1.56. The van der Waals surface area contributed by atoms with E-state index in [0.717, 1.165) is 16.9 Å². The number of para-hydroxylation sites is 3. The molecule has 3 amide bonds. The average molecular weight is 448 g/mol. The monoisotopic (exact) mass is 447 g/mol. The Hall–Kier alpha value is -3.68. The number of rotatable bonds is 6. The Kier molecular flexibility index (Phi) is 6.18. The number of nitrogens with zero attached hydrogens (tertiary/aromatic N) is 2. The molecule has 0 saturated heterocycles. The highest BCUT2D eigenvalue weighted by molar-refractivity contribution is 6.10. The first kappa shape index (κ1) is 22.5. The molecule has 1 unspecified atom stereocenters. The lowest BCUT2D eigenvalue weighted by Gasteiger charge is -2.25. The molecule has 2 atom stereocenters. The van der Waals surface area contributed by atoms with Gasteiger partial charge in [0.2, 0.25) is 11.8 Å². The molecule has 0 fully saturated rings. The van der Waals surface area contributed by atoms with Gasteiger partial charge < -0.3 is 20.5 Å². The number of benzene rings is 2. The van der Waals surface area contributed by atoms with Gasteiger partial charge in [-0.3, -0.25) is 14.4 Å². The maximum atomic E-state index is 13.1. The van der Waals surface area contributed by atoms with Crippen molar-refractivity contribution in [3.63, 3.8) is 0 Å². The number of imidazole rings is 1. The summed E-state index contributed by atoms with van der Waals surface area (Å²) in [5, 5.41) is 8.48. The van der Waals surface area contributed by atoms with Crippen LogP contribution in [0.5, 0.6) is 0 Å². The van der Waals surface area contributed by atoms with E-state index in [1.807, 2.05) is 38.1 Å². The van der Waals surface area contributed by atoms with Crippen molar-refractivity contribution in [3.05, 3.63) is 59.9 Å². The number of carbonyl (C=O) groups excluding carboxylic acids is 3. The number of hydrogen-bond acceptors (Lipinski definition) is 4. The fraction of sp³-hybridized carbons (Fsp3) is 0.360. The first-order chi connectivity index (χ1) is 15.8. The third kappa shape index (κ3) is 4.46. The number of fused-ring (bicyclic) bond motifs is 2. The molecule has 0 spiro atoms. The van der Waals surface area contributed by atoms with Crippen LogP contribution in [0.2, 0.25) is 0 Å². The SMILES string of the molecule is CC(C)[C@H](NC(=O)CC1NC(=O)c2ccccc2NC1=O)c1nc2ccccc2n1C(C)C. The molecule has 1 aliphatic rings. The molecule has 8 nitrogen and oxygen atoms in total. The fourth-order valence-corrected chi connectivity index (χ4v) is 4.23. The molecule has 4 rings (SSSR count). The van der Waals surface area contributed by atoms with Crippen LogP contribution in [0.15, 0.2) is 48.5 Å². The van der Waals surface area contributed by atoms with Crippen molar-refractivity contribution in [1.82, 2.24) is 20.2 Å². The topological polar surface area (TPSA) is 105 Å².